The minimum Gasteiger partial charge on any atom is -0.478 e. The molecule has 2 aliphatic rings. The van der Waals surface area contributed by atoms with Gasteiger partial charge in [-0.1, -0.05) is 0 Å². The number of rotatable bonds is 8. The van der Waals surface area contributed by atoms with Crippen molar-refractivity contribution in [1.82, 2.24) is 4.98 Å². The molecule has 1 aliphatic heterocycles. The van der Waals surface area contributed by atoms with E-state index in [-0.39, 0.29) is 23.9 Å². The lowest BCUT2D eigenvalue weighted by Crippen LogP contribution is -2.44. The molecule has 1 saturated carbocycles. The molecular weight excluding hydrogens is 460 g/mol. The summed E-state index contributed by atoms with van der Waals surface area (Å²) in [5.74, 6) is -0.691. The number of aromatic nitrogens is 1. The molecule has 4 rings (SSSR count). The van der Waals surface area contributed by atoms with Gasteiger partial charge in [-0.3, -0.25) is 9.69 Å². The molecule has 9 nitrogen and oxygen atoms in total. The predicted molar refractivity (Wildman–Crippen MR) is 139 cm³/mol. The van der Waals surface area contributed by atoms with Gasteiger partial charge < -0.3 is 24.4 Å². The maximum absolute atomic E-state index is 13.5. The maximum Gasteiger partial charge on any atom is 0.328 e. The van der Waals surface area contributed by atoms with E-state index in [1.54, 1.807) is 4.90 Å². The molecule has 194 valence electrons. The van der Waals surface area contributed by atoms with Gasteiger partial charge >= 0.3 is 12.0 Å². The van der Waals surface area contributed by atoms with Crippen molar-refractivity contribution in [3.8, 4) is 0 Å². The monoisotopic (exact) mass is 496 g/mol. The van der Waals surface area contributed by atoms with Crippen LogP contribution in [-0.4, -0.2) is 66.9 Å². The number of anilines is 3. The number of carbonyl (C=O) groups is 2. The van der Waals surface area contributed by atoms with Gasteiger partial charge in [0.2, 0.25) is 5.91 Å². The first-order valence-corrected chi connectivity index (χ1v) is 12.7. The van der Waals surface area contributed by atoms with Crippen LogP contribution in [0.5, 0.6) is 0 Å². The molecule has 9 heteroatoms. The number of oxazole rings is 1. The number of carboxylic acid groups (broad SMARTS) is 1. The van der Waals surface area contributed by atoms with Crippen molar-refractivity contribution in [1.29, 1.82) is 0 Å². The van der Waals surface area contributed by atoms with Gasteiger partial charge in [-0.25, -0.2) is 9.78 Å². The molecule has 36 heavy (non-hydrogen) atoms. The fourth-order valence-electron chi connectivity index (χ4n) is 5.03. The Kier molecular flexibility index (Phi) is 8.30. The summed E-state index contributed by atoms with van der Waals surface area (Å²) in [7, 11) is 4.06. The average molecular weight is 497 g/mol. The Labute approximate surface area is 212 Å². The van der Waals surface area contributed by atoms with Gasteiger partial charge in [0.05, 0.1) is 12.3 Å². The zero-order valence-electron chi connectivity index (χ0n) is 21.0. The normalized spacial score (nSPS) is 21.0. The summed E-state index contributed by atoms with van der Waals surface area (Å²) in [4.78, 5) is 34.8. The second kappa shape index (κ2) is 11.6. The van der Waals surface area contributed by atoms with Crippen molar-refractivity contribution in [3.05, 3.63) is 42.3 Å². The second-order valence-electron chi connectivity index (χ2n) is 10.0. The SMILES string of the molecule is CN(C)c1ccc(N2CCC(CN(C(=O)C3CCC(O)CC3)c3ncc(C=CC(=O)O)o3)CC2)cc1. The lowest BCUT2D eigenvalue weighted by atomic mass is 9.86. The van der Waals surface area contributed by atoms with Gasteiger partial charge in [-0.05, 0) is 74.8 Å². The number of aliphatic hydroxyl groups is 1. The maximum atomic E-state index is 13.5. The van der Waals surface area contributed by atoms with Crippen LogP contribution in [0.25, 0.3) is 6.08 Å². The third kappa shape index (κ3) is 6.46. The Bertz CT molecular complexity index is 1050. The fourth-order valence-corrected chi connectivity index (χ4v) is 5.03. The van der Waals surface area contributed by atoms with Gasteiger partial charge in [-0.15, -0.1) is 0 Å². The van der Waals surface area contributed by atoms with Crippen molar-refractivity contribution in [2.45, 2.75) is 44.6 Å². The number of aliphatic hydroxyl groups excluding tert-OH is 1. The molecular formula is C27H36N4O5. The van der Waals surface area contributed by atoms with Crippen molar-refractivity contribution < 1.29 is 24.2 Å². The van der Waals surface area contributed by atoms with E-state index in [4.69, 9.17) is 9.52 Å². The Balaban J connectivity index is 1.44. The summed E-state index contributed by atoms with van der Waals surface area (Å²) < 4.78 is 5.77. The molecule has 0 unspecified atom stereocenters. The number of carboxylic acids is 1. The highest BCUT2D eigenvalue weighted by atomic mass is 16.4. The number of piperidine rings is 1. The molecule has 0 bridgehead atoms. The van der Waals surface area contributed by atoms with Crippen molar-refractivity contribution in [2.24, 2.45) is 11.8 Å². The fraction of sp³-hybridized carbons (Fsp3) is 0.519. The van der Waals surface area contributed by atoms with Crippen LogP contribution in [0.1, 0.15) is 44.3 Å². The zero-order valence-corrected chi connectivity index (χ0v) is 21.0. The van der Waals surface area contributed by atoms with Crippen LogP contribution in [0.15, 0.2) is 41.0 Å². The number of hydrogen-bond acceptors (Lipinski definition) is 7. The molecule has 2 fully saturated rings. The predicted octanol–water partition coefficient (Wildman–Crippen LogP) is 3.64. The minimum absolute atomic E-state index is 0.0285. The Hall–Kier alpha value is -3.33. The van der Waals surface area contributed by atoms with Gasteiger partial charge in [0.15, 0.2) is 0 Å². The summed E-state index contributed by atoms with van der Waals surface area (Å²) in [5.41, 5.74) is 2.37. The molecule has 0 atom stereocenters. The number of carbonyl (C=O) groups excluding carboxylic acids is 1. The lowest BCUT2D eigenvalue weighted by molar-refractivity contribution is -0.131. The highest BCUT2D eigenvalue weighted by molar-refractivity contribution is 5.93. The van der Waals surface area contributed by atoms with Crippen LogP contribution < -0.4 is 14.7 Å². The molecule has 2 aromatic rings. The van der Waals surface area contributed by atoms with E-state index in [0.717, 1.165) is 32.0 Å². The highest BCUT2D eigenvalue weighted by Gasteiger charge is 2.33. The first-order chi connectivity index (χ1) is 17.3. The van der Waals surface area contributed by atoms with Crippen molar-refractivity contribution in [3.63, 3.8) is 0 Å². The number of amides is 1. The summed E-state index contributed by atoms with van der Waals surface area (Å²) in [6.07, 6.45) is 7.82. The second-order valence-corrected chi connectivity index (χ2v) is 10.0. The first-order valence-electron chi connectivity index (χ1n) is 12.7. The quantitative estimate of drug-likeness (QED) is 0.533. The van der Waals surface area contributed by atoms with Crippen LogP contribution >= 0.6 is 0 Å². The van der Waals surface area contributed by atoms with Crippen molar-refractivity contribution >= 4 is 35.3 Å². The van der Waals surface area contributed by atoms with E-state index in [2.05, 4.69) is 39.0 Å². The van der Waals surface area contributed by atoms with Crippen LogP contribution in [0.4, 0.5) is 17.4 Å². The zero-order chi connectivity index (χ0) is 25.7. The molecule has 1 aromatic heterocycles. The summed E-state index contributed by atoms with van der Waals surface area (Å²) in [5, 5.41) is 18.8. The van der Waals surface area contributed by atoms with E-state index in [0.29, 0.717) is 43.9 Å². The largest absolute Gasteiger partial charge is 0.478 e. The van der Waals surface area contributed by atoms with E-state index in [1.165, 1.54) is 23.6 Å². The van der Waals surface area contributed by atoms with Crippen molar-refractivity contribution in [2.75, 3.05) is 48.4 Å². The number of aliphatic carboxylic acids is 1. The number of nitrogens with zero attached hydrogens (tertiary/aromatic N) is 4. The Morgan fingerprint density at radius 3 is 2.36 bits per heavy atom. The number of hydrogen-bond donors (Lipinski definition) is 2. The molecule has 0 spiro atoms. The topological polar surface area (TPSA) is 110 Å². The molecule has 1 aromatic carbocycles. The molecule has 1 aliphatic carbocycles. The van der Waals surface area contributed by atoms with Crippen LogP contribution in [0.2, 0.25) is 0 Å². The van der Waals surface area contributed by atoms with Crippen LogP contribution in [0, 0.1) is 11.8 Å². The molecule has 1 amide bonds. The smallest absolute Gasteiger partial charge is 0.328 e. The van der Waals surface area contributed by atoms with Crippen LogP contribution in [-0.2, 0) is 9.59 Å². The summed E-state index contributed by atoms with van der Waals surface area (Å²) in [6, 6.07) is 8.77. The molecule has 2 heterocycles. The Morgan fingerprint density at radius 1 is 1.08 bits per heavy atom. The third-order valence-corrected chi connectivity index (χ3v) is 7.23. The molecule has 0 radical (unpaired) electrons. The average Bonchev–Trinajstić information content (AvgIpc) is 3.35. The van der Waals surface area contributed by atoms with E-state index in [9.17, 15) is 14.7 Å². The van der Waals surface area contributed by atoms with E-state index < -0.39 is 5.97 Å². The lowest BCUT2D eigenvalue weighted by Gasteiger charge is -2.36. The summed E-state index contributed by atoms with van der Waals surface area (Å²) >= 11 is 0. The van der Waals surface area contributed by atoms with Gasteiger partial charge in [0.25, 0.3) is 0 Å². The van der Waals surface area contributed by atoms with Gasteiger partial charge in [0.1, 0.15) is 5.76 Å². The third-order valence-electron chi connectivity index (χ3n) is 7.23. The van der Waals surface area contributed by atoms with Crippen LogP contribution in [0.3, 0.4) is 0 Å². The molecule has 2 N–H and O–H groups in total. The Morgan fingerprint density at radius 2 is 1.75 bits per heavy atom. The van der Waals surface area contributed by atoms with E-state index in [1.807, 2.05) is 14.1 Å². The standard InChI is InChI=1S/C27H36N4O5/c1-29(2)21-5-7-22(8-6-21)30-15-13-19(14-16-30)18-31(26(35)20-3-9-23(32)10-4-20)27-28-17-24(36-27)11-12-25(33)34/h5-8,11-12,17,19-20,23,32H,3-4,9-10,13-16,18H2,1-2H3,(H,33,34). The van der Waals surface area contributed by atoms with Gasteiger partial charge in [-0.2, -0.15) is 0 Å². The summed E-state index contributed by atoms with van der Waals surface area (Å²) in [6.45, 7) is 2.32. The first kappa shape index (κ1) is 25.8. The minimum atomic E-state index is -1.08. The highest BCUT2D eigenvalue weighted by Crippen LogP contribution is 2.31. The van der Waals surface area contributed by atoms with E-state index >= 15 is 0 Å². The molecule has 1 saturated heterocycles. The van der Waals surface area contributed by atoms with Gasteiger partial charge in [0, 0.05) is 57.1 Å². The number of benzene rings is 1.